The van der Waals surface area contributed by atoms with Crippen molar-refractivity contribution in [1.82, 2.24) is 10.0 Å². The summed E-state index contributed by atoms with van der Waals surface area (Å²) in [5.41, 5.74) is 3.03. The molecular formula is C28H37N3O5S. The summed E-state index contributed by atoms with van der Waals surface area (Å²) in [6.45, 7) is 5.73. The molecule has 0 fully saturated rings. The van der Waals surface area contributed by atoms with Gasteiger partial charge in [0.25, 0.3) is 10.0 Å². The van der Waals surface area contributed by atoms with Gasteiger partial charge in [-0.05, 0) is 74.6 Å². The normalized spacial score (nSPS) is 11.9. The van der Waals surface area contributed by atoms with Gasteiger partial charge in [-0.1, -0.05) is 48.5 Å². The standard InChI is InChI=1S/C28H33N3O5S.2H2/c1-5-31(23-16-18-25(36-4)21(3)19-23)27(32)24(17-15-22-12-7-6-8-13-22)29-28(33)30-37(34,35)26-14-10-9-11-20(26)2;;/h6-14,16,18-19,24H,5,15,17H2,1-4H3,(H2,29,30,33);2*1H/t24-;;/m0../s1. The number of rotatable bonds is 10. The summed E-state index contributed by atoms with van der Waals surface area (Å²) in [5, 5.41) is 2.61. The van der Waals surface area contributed by atoms with Crippen LogP contribution in [0.1, 0.15) is 32.9 Å². The van der Waals surface area contributed by atoms with E-state index in [1.807, 2.05) is 50.2 Å². The Bertz CT molecular complexity index is 1350. The van der Waals surface area contributed by atoms with Gasteiger partial charge in [-0.15, -0.1) is 0 Å². The Morgan fingerprint density at radius 1 is 0.973 bits per heavy atom. The number of nitrogens with one attached hydrogen (secondary N) is 2. The van der Waals surface area contributed by atoms with Crippen molar-refractivity contribution >= 4 is 27.6 Å². The molecule has 3 amide bonds. The first kappa shape index (κ1) is 27.7. The van der Waals surface area contributed by atoms with Crippen LogP contribution in [0.4, 0.5) is 10.5 Å². The van der Waals surface area contributed by atoms with E-state index in [1.54, 1.807) is 49.3 Å². The highest BCUT2D eigenvalue weighted by molar-refractivity contribution is 7.90. The van der Waals surface area contributed by atoms with E-state index in [2.05, 4.69) is 10.0 Å². The lowest BCUT2D eigenvalue weighted by Crippen LogP contribution is -2.52. The van der Waals surface area contributed by atoms with Crippen molar-refractivity contribution in [2.45, 2.75) is 44.6 Å². The van der Waals surface area contributed by atoms with Crippen LogP contribution >= 0.6 is 0 Å². The summed E-state index contributed by atoms with van der Waals surface area (Å²) in [6, 6.07) is 19.4. The number of urea groups is 1. The number of carbonyl (C=O) groups excluding carboxylic acids is 2. The number of hydrogen-bond donors (Lipinski definition) is 2. The minimum absolute atomic E-state index is 0. The predicted octanol–water partition coefficient (Wildman–Crippen LogP) is 4.85. The maximum absolute atomic E-state index is 13.7. The SMILES string of the molecule is CCN(C(=O)[C@H](CCc1ccccc1)NC(=O)NS(=O)(=O)c1ccccc1C)c1ccc(OC)c(C)c1.[HH].[HH]. The molecular weight excluding hydrogens is 490 g/mol. The molecule has 0 bridgehead atoms. The molecule has 1 atom stereocenters. The molecule has 0 spiro atoms. The fourth-order valence-corrected chi connectivity index (χ4v) is 5.28. The number of aryl methyl sites for hydroxylation is 3. The maximum Gasteiger partial charge on any atom is 0.329 e. The summed E-state index contributed by atoms with van der Waals surface area (Å²) in [4.78, 5) is 28.1. The van der Waals surface area contributed by atoms with Crippen LogP contribution in [0.25, 0.3) is 0 Å². The number of nitrogens with zero attached hydrogens (tertiary/aromatic N) is 1. The number of benzene rings is 3. The lowest BCUT2D eigenvalue weighted by Gasteiger charge is -2.28. The number of methoxy groups -OCH3 is 1. The molecule has 0 radical (unpaired) electrons. The van der Waals surface area contributed by atoms with Crippen LogP contribution in [0.2, 0.25) is 0 Å². The number of sulfonamides is 1. The fraction of sp³-hybridized carbons (Fsp3) is 0.286. The molecule has 2 N–H and O–H groups in total. The van der Waals surface area contributed by atoms with Crippen LogP contribution in [-0.2, 0) is 21.2 Å². The van der Waals surface area contributed by atoms with E-state index in [0.717, 1.165) is 11.1 Å². The zero-order valence-electron chi connectivity index (χ0n) is 21.5. The van der Waals surface area contributed by atoms with Gasteiger partial charge < -0.3 is 15.0 Å². The first-order valence-corrected chi connectivity index (χ1v) is 13.5. The first-order chi connectivity index (χ1) is 17.7. The van der Waals surface area contributed by atoms with Gasteiger partial charge in [0.2, 0.25) is 5.91 Å². The summed E-state index contributed by atoms with van der Waals surface area (Å²) in [5.74, 6) is 0.359. The summed E-state index contributed by atoms with van der Waals surface area (Å²) >= 11 is 0. The molecule has 0 saturated carbocycles. The molecule has 37 heavy (non-hydrogen) atoms. The van der Waals surface area contributed by atoms with Crippen LogP contribution in [0.15, 0.2) is 77.7 Å². The van der Waals surface area contributed by atoms with Crippen LogP contribution in [0, 0.1) is 13.8 Å². The third-order valence-corrected chi connectivity index (χ3v) is 7.54. The average molecular weight is 528 g/mol. The monoisotopic (exact) mass is 527 g/mol. The van der Waals surface area contributed by atoms with Crippen molar-refractivity contribution in [2.75, 3.05) is 18.6 Å². The van der Waals surface area contributed by atoms with Crippen LogP contribution in [-0.4, -0.2) is 40.1 Å². The highest BCUT2D eigenvalue weighted by Crippen LogP contribution is 2.25. The molecule has 0 aliphatic heterocycles. The molecule has 0 aliphatic carbocycles. The van der Waals surface area contributed by atoms with E-state index < -0.39 is 22.1 Å². The first-order valence-electron chi connectivity index (χ1n) is 12.0. The summed E-state index contributed by atoms with van der Waals surface area (Å²) < 4.78 is 33.0. The molecule has 0 aromatic heterocycles. The van der Waals surface area contributed by atoms with Gasteiger partial charge in [0, 0.05) is 15.1 Å². The Labute approximate surface area is 221 Å². The predicted molar refractivity (Wildman–Crippen MR) is 149 cm³/mol. The van der Waals surface area contributed by atoms with Crippen LogP contribution in [0.3, 0.4) is 0 Å². The smallest absolute Gasteiger partial charge is 0.329 e. The number of likely N-dealkylation sites (N-methyl/N-ethyl adjacent to an activating group) is 1. The molecule has 3 rings (SSSR count). The molecule has 8 nitrogen and oxygen atoms in total. The van der Waals surface area contributed by atoms with E-state index >= 15 is 0 Å². The van der Waals surface area contributed by atoms with Crippen LogP contribution in [0.5, 0.6) is 5.75 Å². The van der Waals surface area contributed by atoms with Crippen molar-refractivity contribution in [3.8, 4) is 5.75 Å². The number of hydrogen-bond acceptors (Lipinski definition) is 5. The topological polar surface area (TPSA) is 105 Å². The molecule has 200 valence electrons. The molecule has 3 aromatic rings. The average Bonchev–Trinajstić information content (AvgIpc) is 2.87. The second-order valence-corrected chi connectivity index (χ2v) is 10.3. The highest BCUT2D eigenvalue weighted by Gasteiger charge is 2.28. The Hall–Kier alpha value is -3.85. The van der Waals surface area contributed by atoms with E-state index in [0.29, 0.717) is 30.0 Å². The minimum atomic E-state index is -4.12. The van der Waals surface area contributed by atoms with Crippen molar-refractivity contribution in [3.63, 3.8) is 0 Å². The number of ether oxygens (including phenoxy) is 1. The number of anilines is 1. The Morgan fingerprint density at radius 3 is 2.27 bits per heavy atom. The van der Waals surface area contributed by atoms with Gasteiger partial charge in [0.15, 0.2) is 0 Å². The van der Waals surface area contributed by atoms with Gasteiger partial charge >= 0.3 is 6.03 Å². The van der Waals surface area contributed by atoms with Crippen molar-refractivity contribution in [3.05, 3.63) is 89.5 Å². The quantitative estimate of drug-likeness (QED) is 0.392. The second-order valence-electron chi connectivity index (χ2n) is 8.66. The lowest BCUT2D eigenvalue weighted by molar-refractivity contribution is -0.120. The van der Waals surface area contributed by atoms with E-state index in [9.17, 15) is 18.0 Å². The minimum Gasteiger partial charge on any atom is -0.496 e. The number of carbonyl (C=O) groups is 2. The molecule has 0 aliphatic rings. The van der Waals surface area contributed by atoms with E-state index in [4.69, 9.17) is 4.74 Å². The zero-order valence-corrected chi connectivity index (χ0v) is 22.3. The Balaban J connectivity index is 0.00000380. The third-order valence-electron chi connectivity index (χ3n) is 6.05. The summed E-state index contributed by atoms with van der Waals surface area (Å²) in [6.07, 6.45) is 0.799. The van der Waals surface area contributed by atoms with Gasteiger partial charge in [-0.2, -0.15) is 0 Å². The second kappa shape index (κ2) is 12.4. The fourth-order valence-electron chi connectivity index (χ4n) is 4.12. The van der Waals surface area contributed by atoms with Gasteiger partial charge in [0.1, 0.15) is 11.8 Å². The number of amides is 3. The zero-order chi connectivity index (χ0) is 27.0. The summed E-state index contributed by atoms with van der Waals surface area (Å²) in [7, 11) is -2.54. The highest BCUT2D eigenvalue weighted by atomic mass is 32.2. The van der Waals surface area contributed by atoms with E-state index in [-0.39, 0.29) is 20.1 Å². The Kier molecular flexibility index (Phi) is 9.30. The third kappa shape index (κ3) is 7.10. The van der Waals surface area contributed by atoms with E-state index in [1.165, 1.54) is 6.07 Å². The molecule has 0 saturated heterocycles. The van der Waals surface area contributed by atoms with Crippen molar-refractivity contribution in [2.24, 2.45) is 0 Å². The molecule has 9 heteroatoms. The van der Waals surface area contributed by atoms with Gasteiger partial charge in [-0.3, -0.25) is 4.79 Å². The molecule has 0 heterocycles. The van der Waals surface area contributed by atoms with Crippen molar-refractivity contribution < 1.29 is 25.6 Å². The Morgan fingerprint density at radius 2 is 1.65 bits per heavy atom. The maximum atomic E-state index is 13.7. The molecule has 0 unspecified atom stereocenters. The van der Waals surface area contributed by atoms with Gasteiger partial charge in [0.05, 0.1) is 12.0 Å². The van der Waals surface area contributed by atoms with Crippen molar-refractivity contribution in [1.29, 1.82) is 0 Å². The van der Waals surface area contributed by atoms with Crippen LogP contribution < -0.4 is 19.7 Å². The molecule has 3 aromatic carbocycles. The largest absolute Gasteiger partial charge is 0.496 e. The lowest BCUT2D eigenvalue weighted by atomic mass is 10.0. The van der Waals surface area contributed by atoms with Gasteiger partial charge in [-0.25, -0.2) is 17.9 Å².